The molecule has 3 rings (SSSR count). The van der Waals surface area contributed by atoms with Gasteiger partial charge in [-0.3, -0.25) is 0 Å². The van der Waals surface area contributed by atoms with Crippen LogP contribution in [0.4, 0.5) is 5.69 Å². The third-order valence-corrected chi connectivity index (χ3v) is 2.71. The Kier molecular flexibility index (Phi) is 2.19. The van der Waals surface area contributed by atoms with Crippen molar-refractivity contribution in [2.45, 2.75) is 0 Å². The second kappa shape index (κ2) is 3.71. The summed E-state index contributed by atoms with van der Waals surface area (Å²) in [5, 5.41) is 5.68. The van der Waals surface area contributed by atoms with Crippen LogP contribution in [-0.4, -0.2) is 19.7 Å². The topological polar surface area (TPSA) is 69.6 Å². The SMILES string of the molecule is Nc1ccc2cnn(-c3ncncc3Cl)c2c1. The van der Waals surface area contributed by atoms with Crippen LogP contribution in [0.15, 0.2) is 36.9 Å². The Morgan fingerprint density at radius 3 is 2.94 bits per heavy atom. The lowest BCUT2D eigenvalue weighted by Gasteiger charge is -2.04. The van der Waals surface area contributed by atoms with Gasteiger partial charge >= 0.3 is 0 Å². The molecule has 17 heavy (non-hydrogen) atoms. The molecule has 1 aromatic carbocycles. The number of nitrogen functional groups attached to an aromatic ring is 1. The lowest BCUT2D eigenvalue weighted by molar-refractivity contribution is 0.866. The van der Waals surface area contributed by atoms with Crippen molar-refractivity contribution in [1.82, 2.24) is 19.7 Å². The van der Waals surface area contributed by atoms with Gasteiger partial charge in [-0.05, 0) is 18.2 Å². The Bertz CT molecular complexity index is 691. The van der Waals surface area contributed by atoms with Gasteiger partial charge in [-0.2, -0.15) is 5.10 Å². The maximum Gasteiger partial charge on any atom is 0.175 e. The molecule has 3 aromatic rings. The molecule has 0 saturated carbocycles. The van der Waals surface area contributed by atoms with Gasteiger partial charge in [0.25, 0.3) is 0 Å². The van der Waals surface area contributed by atoms with Crippen LogP contribution in [0.5, 0.6) is 0 Å². The lowest BCUT2D eigenvalue weighted by atomic mass is 10.2. The summed E-state index contributed by atoms with van der Waals surface area (Å²) >= 11 is 6.04. The summed E-state index contributed by atoms with van der Waals surface area (Å²) in [6.07, 6.45) is 4.71. The van der Waals surface area contributed by atoms with Crippen molar-refractivity contribution in [3.05, 3.63) is 41.9 Å². The summed E-state index contributed by atoms with van der Waals surface area (Å²) in [6, 6.07) is 5.57. The fraction of sp³-hybridized carbons (Fsp3) is 0. The predicted octanol–water partition coefficient (Wildman–Crippen LogP) is 2.05. The van der Waals surface area contributed by atoms with E-state index in [9.17, 15) is 0 Å². The molecule has 0 amide bonds. The van der Waals surface area contributed by atoms with Crippen LogP contribution in [0.25, 0.3) is 16.7 Å². The largest absolute Gasteiger partial charge is 0.399 e. The third kappa shape index (κ3) is 1.60. The second-order valence-corrected chi connectivity index (χ2v) is 3.98. The van der Waals surface area contributed by atoms with Crippen LogP contribution in [0.1, 0.15) is 0 Å². The molecule has 0 aliphatic carbocycles. The van der Waals surface area contributed by atoms with Gasteiger partial charge in [0, 0.05) is 11.1 Å². The summed E-state index contributed by atoms with van der Waals surface area (Å²) in [6.45, 7) is 0. The Morgan fingerprint density at radius 1 is 1.24 bits per heavy atom. The molecule has 0 bridgehead atoms. The molecule has 0 unspecified atom stereocenters. The Balaban J connectivity index is 2.31. The van der Waals surface area contributed by atoms with Gasteiger partial charge in [-0.1, -0.05) is 11.6 Å². The highest BCUT2D eigenvalue weighted by Crippen LogP contribution is 2.23. The fourth-order valence-electron chi connectivity index (χ4n) is 1.67. The molecular formula is C11H8ClN5. The zero-order valence-corrected chi connectivity index (χ0v) is 9.46. The van der Waals surface area contributed by atoms with Crippen LogP contribution in [0.2, 0.25) is 5.02 Å². The van der Waals surface area contributed by atoms with E-state index >= 15 is 0 Å². The van der Waals surface area contributed by atoms with Gasteiger partial charge < -0.3 is 5.73 Å². The molecule has 0 radical (unpaired) electrons. The highest BCUT2D eigenvalue weighted by molar-refractivity contribution is 6.32. The maximum atomic E-state index is 6.04. The summed E-state index contributed by atoms with van der Waals surface area (Å²) in [7, 11) is 0. The van der Waals surface area contributed by atoms with Gasteiger partial charge in [-0.15, -0.1) is 0 Å². The first kappa shape index (κ1) is 10.0. The van der Waals surface area contributed by atoms with E-state index in [1.807, 2.05) is 18.2 Å². The zero-order valence-electron chi connectivity index (χ0n) is 8.71. The van der Waals surface area contributed by atoms with E-state index in [2.05, 4.69) is 15.1 Å². The number of aromatic nitrogens is 4. The summed E-state index contributed by atoms with van der Waals surface area (Å²) in [5.41, 5.74) is 7.30. The van der Waals surface area contributed by atoms with Crippen LogP contribution in [0.3, 0.4) is 0 Å². The highest BCUT2D eigenvalue weighted by Gasteiger charge is 2.09. The maximum absolute atomic E-state index is 6.04. The van der Waals surface area contributed by atoms with E-state index in [1.54, 1.807) is 10.9 Å². The Hall–Kier alpha value is -2.14. The average Bonchev–Trinajstić information content (AvgIpc) is 2.72. The number of benzene rings is 1. The summed E-state index contributed by atoms with van der Waals surface area (Å²) in [5.74, 6) is 0.544. The number of hydrogen-bond acceptors (Lipinski definition) is 4. The number of fused-ring (bicyclic) bond motifs is 1. The molecule has 2 heterocycles. The number of nitrogens with two attached hydrogens (primary N) is 1. The molecule has 0 atom stereocenters. The minimum atomic E-state index is 0.444. The molecule has 2 N–H and O–H groups in total. The first-order chi connectivity index (χ1) is 8.25. The number of nitrogens with zero attached hydrogens (tertiary/aromatic N) is 4. The van der Waals surface area contributed by atoms with E-state index < -0.39 is 0 Å². The number of anilines is 1. The number of halogens is 1. The monoisotopic (exact) mass is 245 g/mol. The van der Waals surface area contributed by atoms with E-state index in [1.165, 1.54) is 12.5 Å². The van der Waals surface area contributed by atoms with Crippen molar-refractivity contribution < 1.29 is 0 Å². The van der Waals surface area contributed by atoms with Crippen molar-refractivity contribution in [2.24, 2.45) is 0 Å². The van der Waals surface area contributed by atoms with E-state index in [-0.39, 0.29) is 0 Å². The molecule has 84 valence electrons. The predicted molar refractivity (Wildman–Crippen MR) is 66.1 cm³/mol. The molecule has 0 aliphatic rings. The van der Waals surface area contributed by atoms with Gasteiger partial charge in [-0.25, -0.2) is 14.6 Å². The van der Waals surface area contributed by atoms with Crippen molar-refractivity contribution in [1.29, 1.82) is 0 Å². The second-order valence-electron chi connectivity index (χ2n) is 3.57. The average molecular weight is 246 g/mol. The van der Waals surface area contributed by atoms with Crippen molar-refractivity contribution in [3.63, 3.8) is 0 Å². The lowest BCUT2D eigenvalue weighted by Crippen LogP contribution is -2.00. The van der Waals surface area contributed by atoms with E-state index in [0.717, 1.165) is 10.9 Å². The van der Waals surface area contributed by atoms with Crippen LogP contribution < -0.4 is 5.73 Å². The van der Waals surface area contributed by atoms with E-state index in [4.69, 9.17) is 17.3 Å². The molecular weight excluding hydrogens is 238 g/mol. The molecule has 5 nitrogen and oxygen atoms in total. The zero-order chi connectivity index (χ0) is 11.8. The van der Waals surface area contributed by atoms with Crippen LogP contribution >= 0.6 is 11.6 Å². The standard InChI is InChI=1S/C11H8ClN5/c12-9-5-14-6-15-11(9)17-10-3-8(13)2-1-7(10)4-16-17/h1-6H,13H2. The summed E-state index contributed by atoms with van der Waals surface area (Å²) < 4.78 is 1.65. The van der Waals surface area contributed by atoms with Crippen molar-refractivity contribution in [2.75, 3.05) is 5.73 Å². The van der Waals surface area contributed by atoms with Gasteiger partial charge in [0.2, 0.25) is 0 Å². The Morgan fingerprint density at radius 2 is 2.12 bits per heavy atom. The normalized spacial score (nSPS) is 10.9. The smallest absolute Gasteiger partial charge is 0.175 e. The molecule has 6 heteroatoms. The van der Waals surface area contributed by atoms with Crippen molar-refractivity contribution in [3.8, 4) is 5.82 Å². The molecule has 2 aromatic heterocycles. The van der Waals surface area contributed by atoms with Gasteiger partial charge in [0.05, 0.1) is 17.9 Å². The first-order valence-electron chi connectivity index (χ1n) is 4.95. The molecule has 0 saturated heterocycles. The van der Waals surface area contributed by atoms with Gasteiger partial charge in [0.15, 0.2) is 5.82 Å². The van der Waals surface area contributed by atoms with E-state index in [0.29, 0.717) is 16.5 Å². The molecule has 0 fully saturated rings. The molecule has 0 spiro atoms. The number of rotatable bonds is 1. The highest BCUT2D eigenvalue weighted by atomic mass is 35.5. The number of hydrogen-bond donors (Lipinski definition) is 1. The molecule has 0 aliphatic heterocycles. The minimum Gasteiger partial charge on any atom is -0.399 e. The third-order valence-electron chi connectivity index (χ3n) is 2.44. The van der Waals surface area contributed by atoms with Gasteiger partial charge in [0.1, 0.15) is 11.3 Å². The quantitative estimate of drug-likeness (QED) is 0.666. The fourth-order valence-corrected chi connectivity index (χ4v) is 1.85. The summed E-state index contributed by atoms with van der Waals surface area (Å²) in [4.78, 5) is 7.96. The Labute approximate surface area is 102 Å². The first-order valence-corrected chi connectivity index (χ1v) is 5.32. The minimum absolute atomic E-state index is 0.444. The van der Waals surface area contributed by atoms with Crippen molar-refractivity contribution >= 4 is 28.2 Å². The van der Waals surface area contributed by atoms with Crippen LogP contribution in [0, 0.1) is 0 Å². The van der Waals surface area contributed by atoms with Crippen LogP contribution in [-0.2, 0) is 0 Å².